The normalized spacial score (nSPS) is 22.5. The summed E-state index contributed by atoms with van der Waals surface area (Å²) in [6, 6.07) is 14.4. The Balaban J connectivity index is 1.75. The zero-order valence-corrected chi connectivity index (χ0v) is 13.6. The van der Waals surface area contributed by atoms with Crippen molar-refractivity contribution in [3.8, 4) is 11.1 Å². The quantitative estimate of drug-likeness (QED) is 0.809. The van der Waals surface area contributed by atoms with E-state index in [0.29, 0.717) is 18.3 Å². The fourth-order valence-electron chi connectivity index (χ4n) is 3.92. The number of aliphatic hydroxyl groups excluding tert-OH is 1. The summed E-state index contributed by atoms with van der Waals surface area (Å²) in [6.45, 7) is 2.80. The van der Waals surface area contributed by atoms with Crippen LogP contribution in [0.5, 0.6) is 0 Å². The molecule has 4 heteroatoms. The van der Waals surface area contributed by atoms with Crippen molar-refractivity contribution in [2.24, 2.45) is 5.92 Å². The van der Waals surface area contributed by atoms with Gasteiger partial charge in [0.2, 0.25) is 0 Å². The van der Waals surface area contributed by atoms with Crippen LogP contribution in [0.1, 0.15) is 27.4 Å². The van der Waals surface area contributed by atoms with Gasteiger partial charge in [-0.1, -0.05) is 36.4 Å². The van der Waals surface area contributed by atoms with E-state index in [9.17, 15) is 4.79 Å². The van der Waals surface area contributed by atoms with Gasteiger partial charge in [0.15, 0.2) is 0 Å². The average Bonchev–Trinajstić information content (AvgIpc) is 3.03. The lowest BCUT2D eigenvalue weighted by atomic mass is 9.86. The van der Waals surface area contributed by atoms with Crippen molar-refractivity contribution in [2.75, 3.05) is 26.2 Å². The van der Waals surface area contributed by atoms with Gasteiger partial charge in [0.25, 0.3) is 5.91 Å². The molecule has 124 valence electrons. The van der Waals surface area contributed by atoms with Crippen LogP contribution in [-0.4, -0.2) is 37.3 Å². The number of rotatable bonds is 3. The molecular formula is C20H22N2O2. The summed E-state index contributed by atoms with van der Waals surface area (Å²) < 4.78 is 0. The van der Waals surface area contributed by atoms with Gasteiger partial charge < -0.3 is 15.7 Å². The average molecular weight is 322 g/mol. The third kappa shape index (κ3) is 2.72. The topological polar surface area (TPSA) is 61.4 Å². The fourth-order valence-corrected chi connectivity index (χ4v) is 3.92. The molecule has 0 saturated carbocycles. The first-order valence-electron chi connectivity index (χ1n) is 8.59. The van der Waals surface area contributed by atoms with Crippen LogP contribution in [-0.2, 0) is 6.42 Å². The Morgan fingerprint density at radius 2 is 1.92 bits per heavy atom. The predicted molar refractivity (Wildman–Crippen MR) is 94.1 cm³/mol. The van der Waals surface area contributed by atoms with Crippen molar-refractivity contribution in [1.29, 1.82) is 0 Å². The van der Waals surface area contributed by atoms with Gasteiger partial charge in [-0.25, -0.2) is 0 Å². The van der Waals surface area contributed by atoms with Crippen molar-refractivity contribution in [1.82, 2.24) is 10.6 Å². The molecule has 2 aromatic carbocycles. The Bertz CT molecular complexity index is 772. The van der Waals surface area contributed by atoms with Gasteiger partial charge in [0.05, 0.1) is 0 Å². The first kappa shape index (κ1) is 15.4. The van der Waals surface area contributed by atoms with Crippen molar-refractivity contribution in [3.05, 3.63) is 59.2 Å². The summed E-state index contributed by atoms with van der Waals surface area (Å²) in [5, 5.41) is 15.6. The number of benzene rings is 2. The van der Waals surface area contributed by atoms with Crippen LogP contribution in [0.25, 0.3) is 11.1 Å². The Kier molecular flexibility index (Phi) is 4.08. The number of fused-ring (bicyclic) bond motifs is 3. The molecule has 2 aliphatic heterocycles. The van der Waals surface area contributed by atoms with Crippen molar-refractivity contribution in [3.63, 3.8) is 0 Å². The molecule has 4 rings (SSSR count). The monoisotopic (exact) mass is 322 g/mol. The first-order chi connectivity index (χ1) is 11.8. The number of hydrogen-bond donors (Lipinski definition) is 3. The van der Waals surface area contributed by atoms with Crippen LogP contribution >= 0.6 is 0 Å². The van der Waals surface area contributed by atoms with Crippen LogP contribution < -0.4 is 10.6 Å². The summed E-state index contributed by atoms with van der Waals surface area (Å²) in [4.78, 5) is 12.5. The van der Waals surface area contributed by atoms with Crippen LogP contribution in [0.15, 0.2) is 42.5 Å². The van der Waals surface area contributed by atoms with Crippen LogP contribution in [0.3, 0.4) is 0 Å². The maximum Gasteiger partial charge on any atom is 0.251 e. The Morgan fingerprint density at radius 3 is 2.79 bits per heavy atom. The third-order valence-electron chi connectivity index (χ3n) is 5.22. The molecule has 0 aliphatic carbocycles. The molecule has 1 amide bonds. The largest absolute Gasteiger partial charge is 0.396 e. The van der Waals surface area contributed by atoms with Gasteiger partial charge in [-0.3, -0.25) is 4.79 Å². The van der Waals surface area contributed by atoms with E-state index in [0.717, 1.165) is 47.5 Å². The second kappa shape index (κ2) is 6.38. The highest BCUT2D eigenvalue weighted by Crippen LogP contribution is 2.34. The number of amides is 1. The van der Waals surface area contributed by atoms with E-state index in [-0.39, 0.29) is 12.5 Å². The summed E-state index contributed by atoms with van der Waals surface area (Å²) in [7, 11) is 0. The van der Waals surface area contributed by atoms with Crippen molar-refractivity contribution in [2.45, 2.75) is 12.3 Å². The minimum atomic E-state index is 0.0350. The minimum absolute atomic E-state index is 0.0350. The standard InChI is InChI=1S/C20H22N2O2/c23-7-6-13-2-1-3-14(8-13)15-4-5-17-18(9-15)20(24)22-11-16-10-21-12-19(16)17/h1-5,8-9,16,19,21,23H,6-7,10-12H2,(H,22,24). The van der Waals surface area contributed by atoms with Gasteiger partial charge in [0, 0.05) is 37.7 Å². The third-order valence-corrected chi connectivity index (χ3v) is 5.22. The molecule has 2 atom stereocenters. The molecule has 2 aromatic rings. The number of carbonyl (C=O) groups is 1. The molecule has 0 spiro atoms. The predicted octanol–water partition coefficient (Wildman–Crippen LogP) is 1.93. The van der Waals surface area contributed by atoms with E-state index in [1.54, 1.807) is 0 Å². The lowest BCUT2D eigenvalue weighted by Gasteiger charge is -2.17. The molecule has 0 aromatic heterocycles. The molecule has 4 nitrogen and oxygen atoms in total. The minimum Gasteiger partial charge on any atom is -0.396 e. The molecule has 2 unspecified atom stereocenters. The van der Waals surface area contributed by atoms with E-state index >= 15 is 0 Å². The number of nitrogens with one attached hydrogen (secondary N) is 2. The SMILES string of the molecule is O=C1NCC2CNCC2c2ccc(-c3cccc(CCO)c3)cc21. The second-order valence-corrected chi connectivity index (χ2v) is 6.71. The molecule has 1 fully saturated rings. The van der Waals surface area contributed by atoms with Gasteiger partial charge in [-0.2, -0.15) is 0 Å². The fraction of sp³-hybridized carbons (Fsp3) is 0.350. The van der Waals surface area contributed by atoms with Crippen LogP contribution in [0.2, 0.25) is 0 Å². The zero-order valence-electron chi connectivity index (χ0n) is 13.6. The Labute approximate surface area is 141 Å². The highest BCUT2D eigenvalue weighted by molar-refractivity contribution is 5.97. The number of aliphatic hydroxyl groups is 1. The molecule has 2 aliphatic rings. The Morgan fingerprint density at radius 1 is 1.04 bits per heavy atom. The number of hydrogen-bond acceptors (Lipinski definition) is 3. The van der Waals surface area contributed by atoms with Crippen LogP contribution in [0, 0.1) is 5.92 Å². The van der Waals surface area contributed by atoms with E-state index < -0.39 is 0 Å². The summed E-state index contributed by atoms with van der Waals surface area (Å²) >= 11 is 0. The lowest BCUT2D eigenvalue weighted by molar-refractivity contribution is 0.0952. The van der Waals surface area contributed by atoms with Gasteiger partial charge in [0.1, 0.15) is 0 Å². The Hall–Kier alpha value is -2.17. The molecular weight excluding hydrogens is 300 g/mol. The van der Waals surface area contributed by atoms with Gasteiger partial charge in [-0.05, 0) is 40.7 Å². The lowest BCUT2D eigenvalue weighted by Crippen LogP contribution is -2.28. The van der Waals surface area contributed by atoms with Crippen molar-refractivity contribution >= 4 is 5.91 Å². The highest BCUT2D eigenvalue weighted by Gasteiger charge is 2.34. The van der Waals surface area contributed by atoms with E-state index in [1.165, 1.54) is 0 Å². The number of carbonyl (C=O) groups excluding carboxylic acids is 1. The van der Waals surface area contributed by atoms with E-state index in [2.05, 4.69) is 34.9 Å². The van der Waals surface area contributed by atoms with Crippen molar-refractivity contribution < 1.29 is 9.90 Å². The molecule has 2 heterocycles. The summed E-state index contributed by atoms with van der Waals surface area (Å²) in [5.41, 5.74) is 5.20. The molecule has 0 radical (unpaired) electrons. The molecule has 0 bridgehead atoms. The highest BCUT2D eigenvalue weighted by atomic mass is 16.2. The maximum atomic E-state index is 12.5. The van der Waals surface area contributed by atoms with E-state index in [1.807, 2.05) is 18.2 Å². The van der Waals surface area contributed by atoms with Crippen LogP contribution in [0.4, 0.5) is 0 Å². The first-order valence-corrected chi connectivity index (χ1v) is 8.59. The molecule has 1 saturated heterocycles. The van der Waals surface area contributed by atoms with Gasteiger partial charge in [-0.15, -0.1) is 0 Å². The summed E-state index contributed by atoms with van der Waals surface area (Å²) in [5.74, 6) is 0.926. The van der Waals surface area contributed by atoms with Gasteiger partial charge >= 0.3 is 0 Å². The molecule has 24 heavy (non-hydrogen) atoms. The second-order valence-electron chi connectivity index (χ2n) is 6.71. The zero-order chi connectivity index (χ0) is 16.5. The molecule has 3 N–H and O–H groups in total. The maximum absolute atomic E-state index is 12.5. The smallest absolute Gasteiger partial charge is 0.251 e. The van der Waals surface area contributed by atoms with E-state index in [4.69, 9.17) is 5.11 Å². The summed E-state index contributed by atoms with van der Waals surface area (Å²) in [6.07, 6.45) is 0.648.